The van der Waals surface area contributed by atoms with E-state index in [0.717, 1.165) is 16.0 Å². The number of aromatic nitrogens is 2. The quantitative estimate of drug-likeness (QED) is 0.0142. The molecule has 6 heterocycles. The summed E-state index contributed by atoms with van der Waals surface area (Å²) in [5, 5.41) is 10.6. The van der Waals surface area contributed by atoms with Crippen molar-refractivity contribution in [3.8, 4) is 0 Å². The summed E-state index contributed by atoms with van der Waals surface area (Å²) >= 11 is 0. The highest BCUT2D eigenvalue weighted by Gasteiger charge is 2.72. The molecule has 0 unspecified atom stereocenters. The van der Waals surface area contributed by atoms with E-state index in [0.29, 0.717) is 33.6 Å². The van der Waals surface area contributed by atoms with Gasteiger partial charge in [-0.15, -0.1) is 6.58 Å². The molecular formula is C62H58N8O14S2. The Balaban J connectivity index is 0.000000211. The molecule has 4 aliphatic heterocycles. The number of nitrogens with zero attached hydrogens (tertiary/aromatic N) is 7. The van der Waals surface area contributed by atoms with Crippen LogP contribution in [0, 0.1) is 0 Å². The molecular weight excluding hydrogens is 1140 g/mol. The summed E-state index contributed by atoms with van der Waals surface area (Å²) < 4.78 is 68.2. The van der Waals surface area contributed by atoms with Gasteiger partial charge in [0.05, 0.1) is 41.0 Å². The Bertz CT molecular complexity index is 3840. The summed E-state index contributed by atoms with van der Waals surface area (Å²) in [7, 11) is -8.09. The molecule has 2 aromatic heterocycles. The molecule has 24 heteroatoms. The summed E-state index contributed by atoms with van der Waals surface area (Å²) in [5.74, 6) is -3.70. The first-order valence-electron chi connectivity index (χ1n) is 26.5. The molecule has 4 aromatic carbocycles. The molecule has 4 atom stereocenters. The van der Waals surface area contributed by atoms with Crippen LogP contribution < -0.4 is 5.32 Å². The zero-order valence-electron chi connectivity index (χ0n) is 46.8. The number of azide groups is 1. The molecule has 86 heavy (non-hydrogen) atoms. The number of β-lactam (4-membered cyclic amide) rings is 2. The van der Waals surface area contributed by atoms with Gasteiger partial charge >= 0.3 is 18.0 Å². The van der Waals surface area contributed by atoms with E-state index in [4.69, 9.17) is 24.8 Å². The first-order valence-corrected chi connectivity index (χ1v) is 29.6. The average molecular weight is 1200 g/mol. The highest BCUT2D eigenvalue weighted by molar-refractivity contribution is 7.94. The number of hydrogen-bond acceptors (Lipinski definition) is 16. The lowest BCUT2D eigenvalue weighted by molar-refractivity contribution is -0.160. The minimum atomic E-state index is -4.06. The van der Waals surface area contributed by atoms with E-state index in [1.54, 1.807) is 24.3 Å². The molecule has 22 nitrogen and oxygen atoms in total. The van der Waals surface area contributed by atoms with Crippen molar-refractivity contribution in [1.29, 1.82) is 0 Å². The van der Waals surface area contributed by atoms with Crippen LogP contribution in [0.2, 0.25) is 0 Å². The Morgan fingerprint density at radius 3 is 1.35 bits per heavy atom. The van der Waals surface area contributed by atoms with Gasteiger partial charge in [-0.1, -0.05) is 140 Å². The maximum Gasteiger partial charge on any atom is 0.411 e. The van der Waals surface area contributed by atoms with E-state index in [1.807, 2.05) is 97.1 Å². The lowest BCUT2D eigenvalue weighted by atomic mass is 9.94. The van der Waals surface area contributed by atoms with Crippen LogP contribution in [0.3, 0.4) is 0 Å². The smallest absolute Gasteiger partial charge is 0.411 e. The summed E-state index contributed by atoms with van der Waals surface area (Å²) in [6.45, 7) is 12.5. The van der Waals surface area contributed by atoms with Crippen molar-refractivity contribution in [3.63, 3.8) is 0 Å². The molecule has 4 fully saturated rings. The predicted molar refractivity (Wildman–Crippen MR) is 317 cm³/mol. The van der Waals surface area contributed by atoms with E-state index < -0.39 is 100.0 Å². The number of aliphatic hydroxyl groups is 1. The SMILES string of the molecule is C=CCO.C=CCOC(=O)Nc1ccc(/C=C2/C(=O)N3[C@@H](C(=O)OC(c4ccccc4)c4ccccc4)C(C)(C)S(=O)(=O)[C@H]23)nc1.CC1(C)[C@H](C(=O)OC(c2ccccc2)c2ccccc2)N2C(=O)/C(=C/c3ccc(C(=O)N=[N+]=[N-])cn3)[C@H]2S1(=O)=O. The summed E-state index contributed by atoms with van der Waals surface area (Å²) in [6.07, 6.45) is 5.76. The van der Waals surface area contributed by atoms with E-state index in [1.165, 1.54) is 82.5 Å². The number of pyridine rings is 2. The number of rotatable bonds is 15. The van der Waals surface area contributed by atoms with Crippen molar-refractivity contribution in [3.05, 3.63) is 244 Å². The normalized spacial score (nSPS) is 20.4. The van der Waals surface area contributed by atoms with Crippen LogP contribution in [-0.2, 0) is 53.1 Å². The predicted octanol–water partition coefficient (Wildman–Crippen LogP) is 8.43. The molecule has 2 N–H and O–H groups in total. The zero-order valence-corrected chi connectivity index (χ0v) is 48.4. The van der Waals surface area contributed by atoms with Crippen LogP contribution in [0.15, 0.2) is 200 Å². The van der Waals surface area contributed by atoms with Crippen molar-refractivity contribution < 1.29 is 64.9 Å². The molecule has 4 aliphatic rings. The number of esters is 2. The van der Waals surface area contributed by atoms with E-state index in [2.05, 4.69) is 38.5 Å². The lowest BCUT2D eigenvalue weighted by Crippen LogP contribution is -2.59. The highest BCUT2D eigenvalue weighted by atomic mass is 32.2. The molecule has 10 rings (SSSR count). The first kappa shape index (κ1) is 62.2. The molecule has 0 aliphatic carbocycles. The van der Waals surface area contributed by atoms with E-state index in [9.17, 15) is 45.6 Å². The number of ether oxygens (including phenoxy) is 3. The van der Waals surface area contributed by atoms with Crippen molar-refractivity contribution in [1.82, 2.24) is 19.8 Å². The van der Waals surface area contributed by atoms with Gasteiger partial charge in [0.1, 0.15) is 16.1 Å². The topological polar surface area (TPSA) is 312 Å². The van der Waals surface area contributed by atoms with Gasteiger partial charge < -0.3 is 29.1 Å². The second kappa shape index (κ2) is 26.0. The fourth-order valence-electron chi connectivity index (χ4n) is 10.1. The standard InChI is InChI=1S/C31H29N3O7S.C28H23N5O6S.C3H6O/c1-4-17-40-30(37)33-23-16-15-22(32-19-23)18-24-27(35)34-26(31(2,3)42(38,39)28(24)34)29(36)41-25(20-11-7-5-8-12-20)21-13-9-6-10-14-21;1-28(2)23(27(36)39-22(17-9-5-3-6-10-17)18-11-7-4-8-12-18)33-25(35)21(26(33)40(28,37)38)15-20-14-13-19(16-30-20)24(34)31-32-29;1-2-3-4/h4-16,18-19,25-26,28H,1,17H2,2-3H3,(H,33,37);3-16,22-23,26H,1-2H3;2,4H,1,3H2/b24-18-;21-15-;/t26-,28+;23-,26+;/m00./s1. The fraction of sp³-hybridized carbons (Fsp3) is 0.226. The maximum absolute atomic E-state index is 13.7. The first-order chi connectivity index (χ1) is 41.0. The van der Waals surface area contributed by atoms with Crippen molar-refractivity contribution in [2.24, 2.45) is 5.11 Å². The molecule has 0 radical (unpaired) electrons. The molecule has 6 aromatic rings. The number of benzene rings is 4. The number of anilines is 1. The lowest BCUT2D eigenvalue weighted by Gasteiger charge is -2.38. The van der Waals surface area contributed by atoms with Crippen LogP contribution in [0.4, 0.5) is 10.5 Å². The minimum absolute atomic E-state index is 0.000328. The Labute approximate surface area is 495 Å². The van der Waals surface area contributed by atoms with Crippen molar-refractivity contribution in [2.45, 2.75) is 72.2 Å². The van der Waals surface area contributed by atoms with Crippen LogP contribution in [0.1, 0.15) is 83.9 Å². The van der Waals surface area contributed by atoms with Gasteiger partial charge in [-0.25, -0.2) is 31.2 Å². The van der Waals surface area contributed by atoms with Gasteiger partial charge in [-0.2, -0.15) is 0 Å². The molecule has 0 bridgehead atoms. The Morgan fingerprint density at radius 2 is 1.02 bits per heavy atom. The van der Waals surface area contributed by atoms with Gasteiger partial charge in [0, 0.05) is 16.7 Å². The molecule has 0 saturated carbocycles. The van der Waals surface area contributed by atoms with Gasteiger partial charge in [-0.05, 0) is 97.0 Å². The van der Waals surface area contributed by atoms with Gasteiger partial charge in [0.15, 0.2) is 54.7 Å². The van der Waals surface area contributed by atoms with Gasteiger partial charge in [0.25, 0.3) is 17.7 Å². The number of amides is 4. The van der Waals surface area contributed by atoms with Crippen molar-refractivity contribution in [2.75, 3.05) is 18.5 Å². The van der Waals surface area contributed by atoms with Crippen LogP contribution >= 0.6 is 0 Å². The molecule has 0 spiro atoms. The number of aliphatic hydroxyl groups excluding tert-OH is 1. The van der Waals surface area contributed by atoms with Gasteiger partial charge in [-0.3, -0.25) is 29.7 Å². The third-order valence-corrected chi connectivity index (χ3v) is 20.0. The monoisotopic (exact) mass is 1200 g/mol. The Hall–Kier alpha value is -9.87. The zero-order chi connectivity index (χ0) is 62.1. The number of carbonyl (C=O) groups excluding carboxylic acids is 6. The van der Waals surface area contributed by atoms with Crippen LogP contribution in [-0.4, -0.2) is 123 Å². The second-order valence-corrected chi connectivity index (χ2v) is 25.8. The van der Waals surface area contributed by atoms with E-state index in [-0.39, 0.29) is 35.6 Å². The average Bonchev–Trinajstić information content (AvgIpc) is 1.53. The maximum atomic E-state index is 13.7. The number of sulfone groups is 2. The van der Waals surface area contributed by atoms with Crippen molar-refractivity contribution >= 4 is 73.3 Å². The third-order valence-electron chi connectivity index (χ3n) is 14.5. The molecule has 442 valence electrons. The number of carbonyl (C=O) groups is 6. The highest BCUT2D eigenvalue weighted by Crippen LogP contribution is 2.51. The Morgan fingerprint density at radius 1 is 0.640 bits per heavy atom. The summed E-state index contributed by atoms with van der Waals surface area (Å²) in [5.41, 5.74) is 12.1. The Kier molecular flexibility index (Phi) is 18.8. The summed E-state index contributed by atoms with van der Waals surface area (Å²) in [6, 6.07) is 39.4. The third kappa shape index (κ3) is 12.2. The fourth-order valence-corrected chi connectivity index (χ4v) is 14.3. The minimum Gasteiger partial charge on any atom is -0.451 e. The molecule has 4 saturated heterocycles. The number of fused-ring (bicyclic) bond motifs is 2. The number of nitrogens with one attached hydrogen (secondary N) is 1. The molecule has 4 amide bonds. The van der Waals surface area contributed by atoms with Crippen LogP contribution in [0.25, 0.3) is 22.6 Å². The summed E-state index contributed by atoms with van der Waals surface area (Å²) in [4.78, 5) is 90.3. The van der Waals surface area contributed by atoms with Gasteiger partial charge in [0.2, 0.25) is 0 Å². The number of hydrogen-bond donors (Lipinski definition) is 2. The second-order valence-electron chi connectivity index (χ2n) is 20.6. The largest absolute Gasteiger partial charge is 0.451 e. The van der Waals surface area contributed by atoms with Crippen LogP contribution in [0.5, 0.6) is 0 Å². The van der Waals surface area contributed by atoms with E-state index >= 15 is 0 Å².